The lowest BCUT2D eigenvalue weighted by Gasteiger charge is -2.10. The Bertz CT molecular complexity index is 1800. The van der Waals surface area contributed by atoms with Crippen LogP contribution in [0.5, 0.6) is 0 Å². The molecule has 13 nitrogen and oxygen atoms in total. The van der Waals surface area contributed by atoms with Crippen molar-refractivity contribution in [1.29, 1.82) is 0 Å². The van der Waals surface area contributed by atoms with Gasteiger partial charge in [-0.05, 0) is 81.2 Å². The Labute approximate surface area is 283 Å². The number of anilines is 2. The Hall–Kier alpha value is -5.08. The number of benzene rings is 1. The van der Waals surface area contributed by atoms with E-state index in [0.717, 1.165) is 35.4 Å². The van der Waals surface area contributed by atoms with E-state index in [1.54, 1.807) is 66.0 Å². The topological polar surface area (TPSA) is 156 Å². The van der Waals surface area contributed by atoms with E-state index in [-0.39, 0.29) is 17.5 Å². The summed E-state index contributed by atoms with van der Waals surface area (Å²) >= 11 is 1.30. The molecule has 14 heteroatoms. The molecular formula is C34H42N8O5S. The van der Waals surface area contributed by atoms with Gasteiger partial charge in [0.25, 0.3) is 23.4 Å². The van der Waals surface area contributed by atoms with Gasteiger partial charge in [0, 0.05) is 50.0 Å². The molecule has 0 unspecified atom stereocenters. The Morgan fingerprint density at radius 1 is 0.958 bits per heavy atom. The maximum atomic E-state index is 13.3. The van der Waals surface area contributed by atoms with Gasteiger partial charge >= 0.3 is 0 Å². The van der Waals surface area contributed by atoms with Crippen molar-refractivity contribution in [3.05, 3.63) is 92.0 Å². The molecule has 0 aliphatic carbocycles. The number of amides is 3. The van der Waals surface area contributed by atoms with Gasteiger partial charge in [0.15, 0.2) is 5.13 Å². The highest BCUT2D eigenvalue weighted by atomic mass is 32.1. The first-order chi connectivity index (χ1) is 22.8. The number of aromatic nitrogens is 3. The predicted molar refractivity (Wildman–Crippen MR) is 190 cm³/mol. The van der Waals surface area contributed by atoms with E-state index < -0.39 is 10.8 Å². The van der Waals surface area contributed by atoms with Crippen LogP contribution < -0.4 is 16.0 Å². The van der Waals surface area contributed by atoms with Crippen LogP contribution in [0, 0.1) is 16.0 Å². The first kappa shape index (κ1) is 35.8. The maximum Gasteiger partial charge on any atom is 0.274 e. The molecule has 48 heavy (non-hydrogen) atoms. The average molecular weight is 675 g/mol. The van der Waals surface area contributed by atoms with E-state index in [1.807, 2.05) is 20.2 Å². The van der Waals surface area contributed by atoms with Gasteiger partial charge < -0.3 is 24.7 Å². The highest BCUT2D eigenvalue weighted by Gasteiger charge is 2.22. The summed E-state index contributed by atoms with van der Waals surface area (Å²) in [4.78, 5) is 57.3. The standard InChI is InChI=1S/C34H42N8O5S/c1-22(2)8-15-29-30(33(45)35-16-7-17-39(3)4)37-34(48-29)38-32(44)28-19-25(21-41(28)6)36-31(43)27-18-24(20-40(27)5)10-9-23-11-13-26(14-12-23)42(46)47/h9-14,18-22H,7-8,15-17H2,1-6H3,(H,35,45)(H,36,43)(H,37,38,44)/b10-9+. The SMILES string of the molecule is CC(C)CCc1sc(NC(=O)c2cc(NC(=O)c3cc(/C=C/c4ccc([N+](=O)[O-])cc4)cn3C)cn2C)nc1C(=O)NCCCN(C)C. The molecule has 3 heterocycles. The summed E-state index contributed by atoms with van der Waals surface area (Å²) < 4.78 is 3.30. The molecule has 0 spiro atoms. The fourth-order valence-corrected chi connectivity index (χ4v) is 5.84. The van der Waals surface area contributed by atoms with Crippen LogP contribution in [-0.2, 0) is 20.5 Å². The van der Waals surface area contributed by atoms with Gasteiger partial charge in [-0.1, -0.05) is 26.0 Å². The summed E-state index contributed by atoms with van der Waals surface area (Å²) in [6.07, 6.45) is 9.44. The number of hydrogen-bond donors (Lipinski definition) is 3. The van der Waals surface area contributed by atoms with Crippen molar-refractivity contribution in [2.45, 2.75) is 33.1 Å². The van der Waals surface area contributed by atoms with Crippen LogP contribution in [-0.4, -0.2) is 68.8 Å². The van der Waals surface area contributed by atoms with Crippen molar-refractivity contribution in [3.8, 4) is 0 Å². The Kier molecular flexibility index (Phi) is 12.0. The second-order valence-corrected chi connectivity index (χ2v) is 13.3. The third-order valence-corrected chi connectivity index (χ3v) is 8.51. The first-order valence-electron chi connectivity index (χ1n) is 15.6. The van der Waals surface area contributed by atoms with Gasteiger partial charge in [0.2, 0.25) is 0 Å². The molecule has 254 valence electrons. The first-order valence-corrected chi connectivity index (χ1v) is 16.4. The minimum atomic E-state index is -0.449. The van der Waals surface area contributed by atoms with E-state index in [2.05, 4.69) is 39.7 Å². The second kappa shape index (κ2) is 16.2. The van der Waals surface area contributed by atoms with Crippen LogP contribution in [0.2, 0.25) is 0 Å². The number of nitro benzene ring substituents is 1. The zero-order chi connectivity index (χ0) is 35.0. The summed E-state index contributed by atoms with van der Waals surface area (Å²) in [6, 6.07) is 9.48. The number of carbonyl (C=O) groups excluding carboxylic acids is 3. The molecule has 1 aromatic carbocycles. The molecule has 0 aliphatic rings. The number of rotatable bonds is 15. The normalized spacial score (nSPS) is 11.4. The summed E-state index contributed by atoms with van der Waals surface area (Å²) in [7, 11) is 7.43. The summed E-state index contributed by atoms with van der Waals surface area (Å²) in [5.74, 6) is -0.586. The van der Waals surface area contributed by atoms with Crippen molar-refractivity contribution in [3.63, 3.8) is 0 Å². The van der Waals surface area contributed by atoms with Crippen LogP contribution >= 0.6 is 11.3 Å². The van der Waals surface area contributed by atoms with Crippen molar-refractivity contribution in [2.75, 3.05) is 37.8 Å². The van der Waals surface area contributed by atoms with Crippen LogP contribution in [0.4, 0.5) is 16.5 Å². The van der Waals surface area contributed by atoms with Gasteiger partial charge in [-0.25, -0.2) is 4.98 Å². The number of hydrogen-bond acceptors (Lipinski definition) is 8. The third-order valence-electron chi connectivity index (χ3n) is 7.48. The van der Waals surface area contributed by atoms with E-state index in [0.29, 0.717) is 46.8 Å². The zero-order valence-electron chi connectivity index (χ0n) is 28.1. The van der Waals surface area contributed by atoms with Gasteiger partial charge in [-0.15, -0.1) is 11.3 Å². The number of carbonyl (C=O) groups is 3. The maximum absolute atomic E-state index is 13.3. The zero-order valence-corrected chi connectivity index (χ0v) is 28.9. The molecule has 4 aromatic rings. The van der Waals surface area contributed by atoms with E-state index in [4.69, 9.17) is 0 Å². The summed E-state index contributed by atoms with van der Waals surface area (Å²) in [5, 5.41) is 19.8. The predicted octanol–water partition coefficient (Wildman–Crippen LogP) is 5.67. The van der Waals surface area contributed by atoms with Crippen LogP contribution in [0.15, 0.2) is 48.8 Å². The molecule has 0 radical (unpaired) electrons. The lowest BCUT2D eigenvalue weighted by molar-refractivity contribution is -0.384. The number of nitrogens with zero attached hydrogens (tertiary/aromatic N) is 5. The van der Waals surface area contributed by atoms with Crippen molar-refractivity contribution < 1.29 is 19.3 Å². The van der Waals surface area contributed by atoms with Crippen LogP contribution in [0.1, 0.15) is 74.2 Å². The van der Waals surface area contributed by atoms with Crippen molar-refractivity contribution >= 4 is 57.7 Å². The van der Waals surface area contributed by atoms with Gasteiger partial charge in [-0.3, -0.25) is 29.8 Å². The lowest BCUT2D eigenvalue weighted by Crippen LogP contribution is -2.28. The molecule has 3 N–H and O–H groups in total. The molecule has 0 atom stereocenters. The van der Waals surface area contributed by atoms with Gasteiger partial charge in [0.1, 0.15) is 17.1 Å². The molecule has 0 saturated heterocycles. The minimum Gasteiger partial charge on any atom is -0.351 e. The van der Waals surface area contributed by atoms with Gasteiger partial charge in [-0.2, -0.15) is 0 Å². The molecule has 3 amide bonds. The number of nitro groups is 1. The molecule has 0 bridgehead atoms. The average Bonchev–Trinajstić information content (AvgIpc) is 3.73. The molecular weight excluding hydrogens is 632 g/mol. The highest BCUT2D eigenvalue weighted by molar-refractivity contribution is 7.16. The molecule has 0 saturated carbocycles. The lowest BCUT2D eigenvalue weighted by atomic mass is 10.1. The molecule has 4 rings (SSSR count). The third kappa shape index (κ3) is 9.72. The van der Waals surface area contributed by atoms with Crippen molar-refractivity contribution in [1.82, 2.24) is 24.3 Å². The minimum absolute atomic E-state index is 0.0158. The van der Waals surface area contributed by atoms with E-state index in [9.17, 15) is 24.5 Å². The van der Waals surface area contributed by atoms with Crippen LogP contribution in [0.3, 0.4) is 0 Å². The Balaban J connectivity index is 1.42. The number of thiazole rings is 1. The monoisotopic (exact) mass is 674 g/mol. The molecule has 0 fully saturated rings. The number of non-ortho nitro benzene ring substituents is 1. The Morgan fingerprint density at radius 3 is 2.27 bits per heavy atom. The quantitative estimate of drug-likeness (QED) is 0.0833. The largest absolute Gasteiger partial charge is 0.351 e. The number of nitrogens with one attached hydrogen (secondary N) is 3. The Morgan fingerprint density at radius 2 is 1.60 bits per heavy atom. The summed E-state index contributed by atoms with van der Waals surface area (Å²) in [5.41, 5.74) is 3.05. The smallest absolute Gasteiger partial charge is 0.274 e. The van der Waals surface area contributed by atoms with Crippen molar-refractivity contribution in [2.24, 2.45) is 20.0 Å². The molecule has 0 aliphatic heterocycles. The van der Waals surface area contributed by atoms with Gasteiger partial charge in [0.05, 0.1) is 10.6 Å². The second-order valence-electron chi connectivity index (χ2n) is 12.2. The summed E-state index contributed by atoms with van der Waals surface area (Å²) in [6.45, 7) is 5.62. The molecule has 3 aromatic heterocycles. The van der Waals surface area contributed by atoms with E-state index >= 15 is 0 Å². The fraction of sp³-hybridized carbons (Fsp3) is 0.353. The highest BCUT2D eigenvalue weighted by Crippen LogP contribution is 2.27. The van der Waals surface area contributed by atoms with Crippen LogP contribution in [0.25, 0.3) is 12.2 Å². The van der Waals surface area contributed by atoms with E-state index in [1.165, 1.54) is 23.5 Å². The number of aryl methyl sites for hydroxylation is 3. The fourth-order valence-electron chi connectivity index (χ4n) is 4.87.